The van der Waals surface area contributed by atoms with Gasteiger partial charge in [-0.25, -0.2) is 0 Å². The summed E-state index contributed by atoms with van der Waals surface area (Å²) >= 11 is 0. The van der Waals surface area contributed by atoms with Crippen molar-refractivity contribution in [2.75, 3.05) is 0 Å². The van der Waals surface area contributed by atoms with Crippen molar-refractivity contribution in [2.45, 2.75) is 25.7 Å². The van der Waals surface area contributed by atoms with Gasteiger partial charge in [0.1, 0.15) is 0 Å². The van der Waals surface area contributed by atoms with E-state index in [4.69, 9.17) is 5.73 Å². The lowest BCUT2D eigenvalue weighted by Crippen LogP contribution is -2.35. The highest BCUT2D eigenvalue weighted by Gasteiger charge is 2.30. The molecule has 0 fully saturated rings. The van der Waals surface area contributed by atoms with E-state index in [1.54, 1.807) is 6.92 Å². The van der Waals surface area contributed by atoms with Crippen molar-refractivity contribution in [3.8, 4) is 0 Å². The molecule has 0 aliphatic carbocycles. The molecule has 0 aromatic heterocycles. The summed E-state index contributed by atoms with van der Waals surface area (Å²) in [4.78, 5) is 12.2. The molecule has 0 spiro atoms. The minimum absolute atomic E-state index is 0. The van der Waals surface area contributed by atoms with Gasteiger partial charge in [-0.2, -0.15) is 13.2 Å². The smallest absolute Gasteiger partial charge is 0.352 e. The first-order valence-corrected chi connectivity index (χ1v) is 7.53. The van der Waals surface area contributed by atoms with Crippen LogP contribution in [0.15, 0.2) is 54.6 Å². The Labute approximate surface area is 150 Å². The maximum atomic E-state index is 12.7. The molecule has 0 bridgehead atoms. The predicted molar refractivity (Wildman–Crippen MR) is 93.1 cm³/mol. The largest absolute Gasteiger partial charge is 0.416 e. The standard InChI is InChI=1S/C18H19F3N2O.ClH/c1-12(16(22)14-7-3-2-4-8-14)17(24)23-11-13-6-5-9-15(10-13)18(19,20)21;/h2-10,12,16H,11,22H2,1H3,(H,23,24);1H. The van der Waals surface area contributed by atoms with E-state index in [1.165, 1.54) is 12.1 Å². The number of nitrogens with two attached hydrogens (primary N) is 1. The summed E-state index contributed by atoms with van der Waals surface area (Å²) in [6, 6.07) is 13.6. The highest BCUT2D eigenvalue weighted by Crippen LogP contribution is 2.29. The Kier molecular flexibility index (Phi) is 7.45. The van der Waals surface area contributed by atoms with Crippen molar-refractivity contribution in [3.63, 3.8) is 0 Å². The average molecular weight is 373 g/mol. The second-order valence-electron chi connectivity index (χ2n) is 5.64. The second kappa shape index (κ2) is 8.87. The lowest BCUT2D eigenvalue weighted by Gasteiger charge is -2.20. The number of hydrogen-bond donors (Lipinski definition) is 2. The van der Waals surface area contributed by atoms with Gasteiger partial charge < -0.3 is 11.1 Å². The van der Waals surface area contributed by atoms with Gasteiger partial charge in [-0.1, -0.05) is 49.4 Å². The molecule has 0 aliphatic rings. The lowest BCUT2D eigenvalue weighted by atomic mass is 9.94. The molecule has 136 valence electrons. The molecule has 0 saturated heterocycles. The number of halogens is 4. The van der Waals surface area contributed by atoms with E-state index in [0.29, 0.717) is 5.56 Å². The minimum Gasteiger partial charge on any atom is -0.352 e. The van der Waals surface area contributed by atoms with Crippen molar-refractivity contribution in [1.82, 2.24) is 5.32 Å². The fourth-order valence-electron chi connectivity index (χ4n) is 2.33. The Morgan fingerprint density at radius 1 is 1.12 bits per heavy atom. The molecule has 0 saturated carbocycles. The lowest BCUT2D eigenvalue weighted by molar-refractivity contribution is -0.137. The molecule has 2 atom stereocenters. The van der Waals surface area contributed by atoms with Gasteiger partial charge in [-0.15, -0.1) is 12.4 Å². The Bertz CT molecular complexity index is 692. The first-order valence-electron chi connectivity index (χ1n) is 7.53. The molecule has 25 heavy (non-hydrogen) atoms. The number of carbonyl (C=O) groups excluding carboxylic acids is 1. The molecule has 0 aliphatic heterocycles. The maximum absolute atomic E-state index is 12.7. The summed E-state index contributed by atoms with van der Waals surface area (Å²) in [5, 5.41) is 2.64. The molecule has 0 heterocycles. The molecule has 2 rings (SSSR count). The van der Waals surface area contributed by atoms with E-state index in [9.17, 15) is 18.0 Å². The van der Waals surface area contributed by atoms with Crippen molar-refractivity contribution >= 4 is 18.3 Å². The number of nitrogens with one attached hydrogen (secondary N) is 1. The van der Waals surface area contributed by atoms with E-state index < -0.39 is 23.7 Å². The first kappa shape index (κ1) is 21.0. The molecule has 1 amide bonds. The summed E-state index contributed by atoms with van der Waals surface area (Å²) in [5.74, 6) is -0.804. The van der Waals surface area contributed by atoms with Gasteiger partial charge in [-0.05, 0) is 23.3 Å². The summed E-state index contributed by atoms with van der Waals surface area (Å²) in [6.45, 7) is 1.72. The predicted octanol–water partition coefficient (Wildman–Crippen LogP) is 4.08. The third-order valence-electron chi connectivity index (χ3n) is 3.86. The van der Waals surface area contributed by atoms with Crippen molar-refractivity contribution in [2.24, 2.45) is 11.7 Å². The monoisotopic (exact) mass is 372 g/mol. The van der Waals surface area contributed by atoms with Crippen LogP contribution in [0.3, 0.4) is 0 Å². The van der Waals surface area contributed by atoms with Crippen LogP contribution in [0, 0.1) is 5.92 Å². The number of carbonyl (C=O) groups is 1. The van der Waals surface area contributed by atoms with Crippen LogP contribution in [0.4, 0.5) is 13.2 Å². The summed E-state index contributed by atoms with van der Waals surface area (Å²) in [7, 11) is 0. The van der Waals surface area contributed by atoms with Gasteiger partial charge in [0, 0.05) is 12.6 Å². The van der Waals surface area contributed by atoms with Crippen LogP contribution < -0.4 is 11.1 Å². The maximum Gasteiger partial charge on any atom is 0.416 e. The fourth-order valence-corrected chi connectivity index (χ4v) is 2.33. The van der Waals surface area contributed by atoms with Gasteiger partial charge in [0.15, 0.2) is 0 Å². The zero-order valence-electron chi connectivity index (χ0n) is 13.6. The molecular formula is C18H20ClF3N2O. The summed E-state index contributed by atoms with van der Waals surface area (Å²) in [6.07, 6.45) is -4.40. The highest BCUT2D eigenvalue weighted by atomic mass is 35.5. The van der Waals surface area contributed by atoms with E-state index in [0.717, 1.165) is 17.7 Å². The molecule has 2 aromatic rings. The van der Waals surface area contributed by atoms with E-state index >= 15 is 0 Å². The molecular weight excluding hydrogens is 353 g/mol. The molecule has 3 nitrogen and oxygen atoms in total. The van der Waals surface area contributed by atoms with Crippen molar-refractivity contribution < 1.29 is 18.0 Å². The number of alkyl halides is 3. The van der Waals surface area contributed by atoms with Crippen molar-refractivity contribution in [1.29, 1.82) is 0 Å². The topological polar surface area (TPSA) is 55.1 Å². The van der Waals surface area contributed by atoms with Crippen LogP contribution in [0.5, 0.6) is 0 Å². The van der Waals surface area contributed by atoms with Crippen LogP contribution in [-0.4, -0.2) is 5.91 Å². The van der Waals surface area contributed by atoms with Crippen LogP contribution in [0.1, 0.15) is 29.7 Å². The first-order chi connectivity index (χ1) is 11.3. The molecule has 2 aromatic carbocycles. The van der Waals surface area contributed by atoms with Gasteiger partial charge in [0.2, 0.25) is 5.91 Å². The van der Waals surface area contributed by atoms with E-state index in [1.807, 2.05) is 30.3 Å². The Morgan fingerprint density at radius 2 is 1.76 bits per heavy atom. The normalized spacial score (nSPS) is 13.5. The molecule has 7 heteroatoms. The van der Waals surface area contributed by atoms with Gasteiger partial charge in [-0.3, -0.25) is 4.79 Å². The average Bonchev–Trinajstić information content (AvgIpc) is 2.58. The van der Waals surface area contributed by atoms with Crippen molar-refractivity contribution in [3.05, 3.63) is 71.3 Å². The Balaban J connectivity index is 0.00000312. The van der Waals surface area contributed by atoms with Crippen LogP contribution in [0.25, 0.3) is 0 Å². The molecule has 0 radical (unpaired) electrons. The number of benzene rings is 2. The number of amides is 1. The third kappa shape index (κ3) is 5.76. The molecule has 2 unspecified atom stereocenters. The van der Waals surface area contributed by atoms with Gasteiger partial charge in [0.25, 0.3) is 0 Å². The number of hydrogen-bond acceptors (Lipinski definition) is 2. The summed E-state index contributed by atoms with van der Waals surface area (Å²) < 4.78 is 38.1. The SMILES string of the molecule is CC(C(=O)NCc1cccc(C(F)(F)F)c1)C(N)c1ccccc1.Cl. The zero-order valence-corrected chi connectivity index (χ0v) is 14.4. The van der Waals surface area contributed by atoms with Crippen LogP contribution >= 0.6 is 12.4 Å². The van der Waals surface area contributed by atoms with Crippen LogP contribution in [0.2, 0.25) is 0 Å². The summed E-state index contributed by atoms with van der Waals surface area (Å²) in [5.41, 5.74) is 6.57. The highest BCUT2D eigenvalue weighted by molar-refractivity contribution is 5.85. The second-order valence-corrected chi connectivity index (χ2v) is 5.64. The fraction of sp³-hybridized carbons (Fsp3) is 0.278. The third-order valence-corrected chi connectivity index (χ3v) is 3.86. The van der Waals surface area contributed by atoms with Gasteiger partial charge >= 0.3 is 6.18 Å². The Hall–Kier alpha value is -2.05. The van der Waals surface area contributed by atoms with Gasteiger partial charge in [0.05, 0.1) is 11.5 Å². The van der Waals surface area contributed by atoms with E-state index in [2.05, 4.69) is 5.32 Å². The zero-order chi connectivity index (χ0) is 17.7. The number of rotatable bonds is 5. The molecule has 3 N–H and O–H groups in total. The minimum atomic E-state index is -4.40. The Morgan fingerprint density at radius 3 is 2.36 bits per heavy atom. The van der Waals surface area contributed by atoms with E-state index in [-0.39, 0.29) is 24.9 Å². The quantitative estimate of drug-likeness (QED) is 0.831. The van der Waals surface area contributed by atoms with Crippen LogP contribution in [-0.2, 0) is 17.5 Å².